The van der Waals surface area contributed by atoms with Crippen LogP contribution in [0.1, 0.15) is 31.4 Å². The van der Waals surface area contributed by atoms with Gasteiger partial charge in [-0.15, -0.1) is 6.58 Å². The van der Waals surface area contributed by atoms with Crippen LogP contribution in [0.5, 0.6) is 11.5 Å². The van der Waals surface area contributed by atoms with Gasteiger partial charge in [0.2, 0.25) is 0 Å². The lowest BCUT2D eigenvalue weighted by atomic mass is 10.0. The lowest BCUT2D eigenvalue weighted by molar-refractivity contribution is -0.112. The van der Waals surface area contributed by atoms with E-state index in [9.17, 15) is 14.4 Å². The Labute approximate surface area is 176 Å². The van der Waals surface area contributed by atoms with Gasteiger partial charge in [-0.05, 0) is 67.8 Å². The van der Waals surface area contributed by atoms with Gasteiger partial charge < -0.3 is 14.8 Å². The fraction of sp³-hybridized carbons (Fsp3) is 0.250. The Kier molecular flexibility index (Phi) is 8.64. The van der Waals surface area contributed by atoms with Crippen LogP contribution in [0.3, 0.4) is 0 Å². The van der Waals surface area contributed by atoms with Crippen LogP contribution in [0.15, 0.2) is 54.6 Å². The molecule has 0 saturated carbocycles. The molecule has 2 aromatic carbocycles. The molecule has 6 heteroatoms. The Morgan fingerprint density at radius 1 is 1.23 bits per heavy atom. The number of ether oxygens (including phenoxy) is 2. The molecule has 0 aliphatic carbocycles. The number of allylic oxidation sites excluding steroid dienone is 1. The van der Waals surface area contributed by atoms with E-state index in [1.807, 2.05) is 26.0 Å². The molecule has 0 aliphatic heterocycles. The van der Waals surface area contributed by atoms with Crippen molar-refractivity contribution in [1.82, 2.24) is 0 Å². The normalized spacial score (nSPS) is 10.8. The first kappa shape index (κ1) is 22.7. The number of amides is 1. The van der Waals surface area contributed by atoms with Gasteiger partial charge in [-0.3, -0.25) is 4.79 Å². The molecule has 30 heavy (non-hydrogen) atoms. The van der Waals surface area contributed by atoms with Crippen molar-refractivity contribution >= 4 is 17.7 Å². The summed E-state index contributed by atoms with van der Waals surface area (Å²) in [6.07, 6.45) is 4.63. The molecule has 0 aromatic heterocycles. The molecule has 156 valence electrons. The van der Waals surface area contributed by atoms with Crippen LogP contribution >= 0.6 is 0 Å². The quantitative estimate of drug-likeness (QED) is 0.329. The number of hydrogen-bond acceptors (Lipinski definition) is 4. The van der Waals surface area contributed by atoms with E-state index in [1.165, 1.54) is 30.3 Å². The Balaban J connectivity index is 2.39. The number of rotatable bonds is 10. The SMILES string of the molecule is C=CCc1cc(/C=C(\C#N)C(=O)Nc2ccc(F)cc2)cc(OCC)c1OCCC. The zero-order valence-corrected chi connectivity index (χ0v) is 17.2. The van der Waals surface area contributed by atoms with Crippen molar-refractivity contribution in [2.24, 2.45) is 0 Å². The van der Waals surface area contributed by atoms with Gasteiger partial charge in [-0.2, -0.15) is 5.26 Å². The van der Waals surface area contributed by atoms with Gasteiger partial charge in [0.25, 0.3) is 5.91 Å². The molecule has 0 spiro atoms. The van der Waals surface area contributed by atoms with E-state index in [1.54, 1.807) is 12.1 Å². The van der Waals surface area contributed by atoms with E-state index in [0.29, 0.717) is 42.4 Å². The summed E-state index contributed by atoms with van der Waals surface area (Å²) in [6, 6.07) is 10.8. The standard InChI is InChI=1S/C24H25FN2O3/c1-4-7-18-13-17(15-22(29-6-3)23(18)30-12-5-2)14-19(16-26)24(28)27-21-10-8-20(25)9-11-21/h4,8-11,13-15H,1,5-7,12H2,2-3H3,(H,27,28)/b19-14+. The molecule has 0 aliphatic rings. The highest BCUT2D eigenvalue weighted by Crippen LogP contribution is 2.35. The van der Waals surface area contributed by atoms with Crippen molar-refractivity contribution in [1.29, 1.82) is 5.26 Å². The van der Waals surface area contributed by atoms with Crippen molar-refractivity contribution in [2.45, 2.75) is 26.7 Å². The minimum absolute atomic E-state index is 0.0893. The molecule has 0 unspecified atom stereocenters. The summed E-state index contributed by atoms with van der Waals surface area (Å²) in [6.45, 7) is 8.66. The van der Waals surface area contributed by atoms with Crippen molar-refractivity contribution < 1.29 is 18.7 Å². The van der Waals surface area contributed by atoms with Crippen LogP contribution in [0, 0.1) is 17.1 Å². The van der Waals surface area contributed by atoms with E-state index in [2.05, 4.69) is 11.9 Å². The minimum atomic E-state index is -0.585. The predicted octanol–water partition coefficient (Wildman–Crippen LogP) is 5.29. The number of nitrogens with one attached hydrogen (secondary N) is 1. The van der Waals surface area contributed by atoms with Crippen LogP contribution in [0.4, 0.5) is 10.1 Å². The van der Waals surface area contributed by atoms with E-state index >= 15 is 0 Å². The molecule has 0 fully saturated rings. The first-order valence-corrected chi connectivity index (χ1v) is 9.74. The molecule has 0 bridgehead atoms. The highest BCUT2D eigenvalue weighted by atomic mass is 19.1. The third kappa shape index (κ3) is 6.21. The monoisotopic (exact) mass is 408 g/mol. The minimum Gasteiger partial charge on any atom is -0.490 e. The van der Waals surface area contributed by atoms with E-state index in [0.717, 1.165) is 12.0 Å². The van der Waals surface area contributed by atoms with Crippen LogP contribution in [0.2, 0.25) is 0 Å². The van der Waals surface area contributed by atoms with Crippen molar-refractivity contribution in [3.05, 3.63) is 71.6 Å². The fourth-order valence-electron chi connectivity index (χ4n) is 2.75. The zero-order valence-electron chi connectivity index (χ0n) is 17.2. The molecule has 1 amide bonds. The summed E-state index contributed by atoms with van der Waals surface area (Å²) < 4.78 is 24.7. The molecule has 2 aromatic rings. The molecule has 5 nitrogen and oxygen atoms in total. The van der Waals surface area contributed by atoms with Gasteiger partial charge >= 0.3 is 0 Å². The number of hydrogen-bond donors (Lipinski definition) is 1. The molecule has 0 saturated heterocycles. The van der Waals surface area contributed by atoms with Gasteiger partial charge in [0.05, 0.1) is 13.2 Å². The second-order valence-corrected chi connectivity index (χ2v) is 6.41. The second-order valence-electron chi connectivity index (χ2n) is 6.41. The molecule has 0 atom stereocenters. The van der Waals surface area contributed by atoms with Gasteiger partial charge in [-0.25, -0.2) is 4.39 Å². The summed E-state index contributed by atoms with van der Waals surface area (Å²) in [7, 11) is 0. The summed E-state index contributed by atoms with van der Waals surface area (Å²) in [5.41, 5.74) is 1.79. The Morgan fingerprint density at radius 3 is 2.57 bits per heavy atom. The lowest BCUT2D eigenvalue weighted by Crippen LogP contribution is -2.13. The largest absolute Gasteiger partial charge is 0.490 e. The Morgan fingerprint density at radius 2 is 1.97 bits per heavy atom. The second kappa shape index (κ2) is 11.4. The van der Waals surface area contributed by atoms with Crippen molar-refractivity contribution in [3.8, 4) is 17.6 Å². The predicted molar refractivity (Wildman–Crippen MR) is 116 cm³/mol. The van der Waals surface area contributed by atoms with Crippen molar-refractivity contribution in [3.63, 3.8) is 0 Å². The van der Waals surface area contributed by atoms with Gasteiger partial charge in [0, 0.05) is 11.3 Å². The average Bonchev–Trinajstić information content (AvgIpc) is 2.73. The average molecular weight is 408 g/mol. The van der Waals surface area contributed by atoms with E-state index < -0.39 is 11.7 Å². The molecule has 1 N–H and O–H groups in total. The molecule has 0 radical (unpaired) electrons. The molecular formula is C24H25FN2O3. The van der Waals surface area contributed by atoms with Gasteiger partial charge in [-0.1, -0.05) is 13.0 Å². The van der Waals surface area contributed by atoms with E-state index in [4.69, 9.17) is 9.47 Å². The highest BCUT2D eigenvalue weighted by Gasteiger charge is 2.15. The summed E-state index contributed by atoms with van der Waals surface area (Å²) in [5.74, 6) is 0.198. The third-order valence-electron chi connectivity index (χ3n) is 4.05. The maximum atomic E-state index is 13.0. The van der Waals surface area contributed by atoms with E-state index in [-0.39, 0.29) is 5.57 Å². The Bertz CT molecular complexity index is 960. The fourth-order valence-corrected chi connectivity index (χ4v) is 2.75. The summed E-state index contributed by atoms with van der Waals surface area (Å²) in [5, 5.41) is 12.1. The number of nitriles is 1. The van der Waals surface area contributed by atoms with Crippen molar-refractivity contribution in [2.75, 3.05) is 18.5 Å². The van der Waals surface area contributed by atoms with Crippen LogP contribution in [-0.2, 0) is 11.2 Å². The number of carbonyl (C=O) groups is 1. The number of benzene rings is 2. The topological polar surface area (TPSA) is 71.4 Å². The maximum absolute atomic E-state index is 13.0. The number of nitrogens with zero attached hydrogens (tertiary/aromatic N) is 1. The number of anilines is 1. The summed E-state index contributed by atoms with van der Waals surface area (Å²) >= 11 is 0. The van der Waals surface area contributed by atoms with Crippen LogP contribution in [-0.4, -0.2) is 19.1 Å². The smallest absolute Gasteiger partial charge is 0.266 e. The Hall–Kier alpha value is -3.59. The first-order valence-electron chi connectivity index (χ1n) is 9.74. The molecule has 0 heterocycles. The highest BCUT2D eigenvalue weighted by molar-refractivity contribution is 6.09. The van der Waals surface area contributed by atoms with Gasteiger partial charge in [0.15, 0.2) is 11.5 Å². The number of halogens is 1. The molecule has 2 rings (SSSR count). The van der Waals surface area contributed by atoms with Gasteiger partial charge in [0.1, 0.15) is 17.5 Å². The number of carbonyl (C=O) groups excluding carboxylic acids is 1. The van der Waals surface area contributed by atoms with Crippen LogP contribution < -0.4 is 14.8 Å². The zero-order chi connectivity index (χ0) is 21.9. The maximum Gasteiger partial charge on any atom is 0.266 e. The summed E-state index contributed by atoms with van der Waals surface area (Å²) in [4.78, 5) is 12.5. The molecular weight excluding hydrogens is 383 g/mol. The first-order chi connectivity index (χ1) is 14.5. The van der Waals surface area contributed by atoms with Crippen LogP contribution in [0.25, 0.3) is 6.08 Å². The lowest BCUT2D eigenvalue weighted by Gasteiger charge is -2.16. The third-order valence-corrected chi connectivity index (χ3v) is 4.05.